The van der Waals surface area contributed by atoms with E-state index in [1.54, 1.807) is 30.8 Å². The van der Waals surface area contributed by atoms with Gasteiger partial charge in [-0.05, 0) is 12.1 Å². The molecule has 0 spiro atoms. The van der Waals surface area contributed by atoms with E-state index in [0.29, 0.717) is 28.8 Å². The summed E-state index contributed by atoms with van der Waals surface area (Å²) < 4.78 is 18.2. The first-order valence-electron chi connectivity index (χ1n) is 6.22. The Kier molecular flexibility index (Phi) is 3.68. The molecule has 6 nitrogen and oxygen atoms in total. The lowest BCUT2D eigenvalue weighted by Gasteiger charge is -2.12. The lowest BCUT2D eigenvalue weighted by molar-refractivity contribution is 0.267. The normalized spacial score (nSPS) is 10.8. The van der Waals surface area contributed by atoms with Crippen LogP contribution in [0.5, 0.6) is 23.1 Å². The molecule has 0 saturated heterocycles. The maximum absolute atomic E-state index is 9.56. The summed E-state index contributed by atoms with van der Waals surface area (Å²) in [5.74, 6) is 1.85. The number of fused-ring (bicyclic) bond motifs is 1. The SMILES string of the molecule is COc1cccc(OC)c1Oc1nc2sccn2c1CO. The van der Waals surface area contributed by atoms with E-state index in [9.17, 15) is 5.11 Å². The fraction of sp³-hybridized carbons (Fsp3) is 0.214. The predicted molar refractivity (Wildman–Crippen MR) is 78.6 cm³/mol. The average molecular weight is 306 g/mol. The first-order chi connectivity index (χ1) is 10.3. The molecule has 1 aromatic carbocycles. The van der Waals surface area contributed by atoms with Crippen molar-refractivity contribution in [2.75, 3.05) is 14.2 Å². The number of methoxy groups -OCH3 is 2. The van der Waals surface area contributed by atoms with E-state index in [-0.39, 0.29) is 6.61 Å². The van der Waals surface area contributed by atoms with E-state index < -0.39 is 0 Å². The van der Waals surface area contributed by atoms with Crippen molar-refractivity contribution in [3.63, 3.8) is 0 Å². The topological polar surface area (TPSA) is 65.2 Å². The summed E-state index contributed by atoms with van der Waals surface area (Å²) in [5, 5.41) is 11.5. The molecule has 7 heteroatoms. The van der Waals surface area contributed by atoms with Crippen LogP contribution in [0.2, 0.25) is 0 Å². The molecular formula is C14H14N2O4S. The first kappa shape index (κ1) is 13.7. The fourth-order valence-corrected chi connectivity index (χ4v) is 2.78. The molecule has 0 saturated carbocycles. The molecule has 0 fully saturated rings. The number of thiazole rings is 1. The van der Waals surface area contributed by atoms with E-state index in [0.717, 1.165) is 4.96 Å². The van der Waals surface area contributed by atoms with Gasteiger partial charge in [0.15, 0.2) is 16.5 Å². The van der Waals surface area contributed by atoms with Crippen molar-refractivity contribution in [3.05, 3.63) is 35.5 Å². The van der Waals surface area contributed by atoms with Gasteiger partial charge in [0.2, 0.25) is 11.6 Å². The van der Waals surface area contributed by atoms with Crippen LogP contribution >= 0.6 is 11.3 Å². The third-order valence-corrected chi connectivity index (χ3v) is 3.81. The minimum atomic E-state index is -0.176. The number of hydrogen-bond donors (Lipinski definition) is 1. The van der Waals surface area contributed by atoms with Crippen molar-refractivity contribution in [1.82, 2.24) is 9.38 Å². The van der Waals surface area contributed by atoms with Gasteiger partial charge in [-0.1, -0.05) is 6.07 Å². The summed E-state index contributed by atoms with van der Waals surface area (Å²) in [6.07, 6.45) is 1.84. The molecule has 21 heavy (non-hydrogen) atoms. The number of nitrogens with zero attached hydrogens (tertiary/aromatic N) is 2. The molecular weight excluding hydrogens is 292 g/mol. The molecule has 0 aliphatic heterocycles. The molecule has 3 rings (SSSR count). The zero-order valence-electron chi connectivity index (χ0n) is 11.6. The van der Waals surface area contributed by atoms with Crippen molar-refractivity contribution < 1.29 is 19.3 Å². The Labute approximate surface area is 125 Å². The molecule has 0 atom stereocenters. The molecule has 0 aliphatic carbocycles. The Morgan fingerprint density at radius 1 is 1.24 bits per heavy atom. The van der Waals surface area contributed by atoms with Crippen molar-refractivity contribution in [3.8, 4) is 23.1 Å². The lowest BCUT2D eigenvalue weighted by Crippen LogP contribution is -1.97. The van der Waals surface area contributed by atoms with Crippen LogP contribution in [0, 0.1) is 0 Å². The quantitative estimate of drug-likeness (QED) is 0.785. The van der Waals surface area contributed by atoms with Gasteiger partial charge >= 0.3 is 0 Å². The summed E-state index contributed by atoms with van der Waals surface area (Å²) in [5.41, 5.74) is 0.583. The number of benzene rings is 1. The number of aromatic nitrogens is 2. The van der Waals surface area contributed by atoms with Crippen LogP contribution in [-0.2, 0) is 6.61 Å². The third kappa shape index (κ3) is 2.30. The van der Waals surface area contributed by atoms with Crippen LogP contribution < -0.4 is 14.2 Å². The van der Waals surface area contributed by atoms with Crippen LogP contribution in [0.4, 0.5) is 0 Å². The summed E-state index contributed by atoms with van der Waals surface area (Å²) in [7, 11) is 3.11. The summed E-state index contributed by atoms with van der Waals surface area (Å²) in [4.78, 5) is 5.13. The molecule has 0 aliphatic rings. The molecule has 110 valence electrons. The van der Waals surface area contributed by atoms with Crippen molar-refractivity contribution in [1.29, 1.82) is 0 Å². The molecule has 2 heterocycles. The van der Waals surface area contributed by atoms with Crippen LogP contribution in [0.1, 0.15) is 5.69 Å². The number of rotatable bonds is 5. The summed E-state index contributed by atoms with van der Waals surface area (Å²) >= 11 is 1.47. The second kappa shape index (κ2) is 5.63. The monoisotopic (exact) mass is 306 g/mol. The maximum Gasteiger partial charge on any atom is 0.245 e. The van der Waals surface area contributed by atoms with Crippen molar-refractivity contribution >= 4 is 16.3 Å². The van der Waals surface area contributed by atoms with Crippen LogP contribution in [0.3, 0.4) is 0 Å². The zero-order chi connectivity index (χ0) is 14.8. The minimum absolute atomic E-state index is 0.176. The Morgan fingerprint density at radius 2 is 1.95 bits per heavy atom. The standard InChI is InChI=1S/C14H14N2O4S/c1-18-10-4-3-5-11(19-2)12(10)20-13-9(8-17)16-6-7-21-14(16)15-13/h3-7,17H,8H2,1-2H3. The highest BCUT2D eigenvalue weighted by atomic mass is 32.1. The van der Waals surface area contributed by atoms with Gasteiger partial charge in [0.1, 0.15) is 5.69 Å². The van der Waals surface area contributed by atoms with E-state index in [4.69, 9.17) is 14.2 Å². The van der Waals surface area contributed by atoms with Gasteiger partial charge in [-0.25, -0.2) is 0 Å². The second-order valence-electron chi connectivity index (χ2n) is 4.17. The first-order valence-corrected chi connectivity index (χ1v) is 7.10. The molecule has 0 bridgehead atoms. The Bertz CT molecular complexity index is 743. The minimum Gasteiger partial charge on any atom is -0.493 e. The molecule has 2 aromatic heterocycles. The largest absolute Gasteiger partial charge is 0.493 e. The number of hydrogen-bond acceptors (Lipinski definition) is 6. The molecule has 0 amide bonds. The van der Waals surface area contributed by atoms with E-state index in [2.05, 4.69) is 4.98 Å². The van der Waals surface area contributed by atoms with Crippen LogP contribution in [0.15, 0.2) is 29.8 Å². The van der Waals surface area contributed by atoms with Gasteiger partial charge in [0.25, 0.3) is 0 Å². The van der Waals surface area contributed by atoms with Crippen molar-refractivity contribution in [2.45, 2.75) is 6.61 Å². The summed E-state index contributed by atoms with van der Waals surface area (Å²) in [6, 6.07) is 5.35. The Hall–Kier alpha value is -2.25. The van der Waals surface area contributed by atoms with Gasteiger partial charge in [-0.15, -0.1) is 11.3 Å². The average Bonchev–Trinajstić information content (AvgIpc) is 3.07. The zero-order valence-corrected chi connectivity index (χ0v) is 12.4. The van der Waals surface area contributed by atoms with E-state index in [1.807, 2.05) is 17.6 Å². The van der Waals surface area contributed by atoms with Gasteiger partial charge < -0.3 is 19.3 Å². The molecule has 1 N–H and O–H groups in total. The number of aliphatic hydroxyl groups excluding tert-OH is 1. The van der Waals surface area contributed by atoms with Crippen LogP contribution in [-0.4, -0.2) is 28.7 Å². The van der Waals surface area contributed by atoms with E-state index in [1.165, 1.54) is 11.3 Å². The van der Waals surface area contributed by atoms with Gasteiger partial charge in [0.05, 0.1) is 20.8 Å². The predicted octanol–water partition coefficient (Wildman–Crippen LogP) is 2.70. The highest BCUT2D eigenvalue weighted by Gasteiger charge is 2.19. The number of aliphatic hydroxyl groups is 1. The number of imidazole rings is 1. The maximum atomic E-state index is 9.56. The van der Waals surface area contributed by atoms with E-state index >= 15 is 0 Å². The highest BCUT2D eigenvalue weighted by molar-refractivity contribution is 7.15. The third-order valence-electron chi connectivity index (χ3n) is 3.06. The Balaban J connectivity index is 2.07. The second-order valence-corrected chi connectivity index (χ2v) is 5.04. The van der Waals surface area contributed by atoms with Gasteiger partial charge in [-0.3, -0.25) is 4.40 Å². The highest BCUT2D eigenvalue weighted by Crippen LogP contribution is 2.40. The Morgan fingerprint density at radius 3 is 2.57 bits per heavy atom. The van der Waals surface area contributed by atoms with Crippen molar-refractivity contribution in [2.24, 2.45) is 0 Å². The fourth-order valence-electron chi connectivity index (χ4n) is 2.05. The van der Waals surface area contributed by atoms with Gasteiger partial charge in [0, 0.05) is 11.6 Å². The smallest absolute Gasteiger partial charge is 0.245 e. The lowest BCUT2D eigenvalue weighted by atomic mass is 10.3. The summed E-state index contributed by atoms with van der Waals surface area (Å²) in [6.45, 7) is -0.176. The molecule has 0 radical (unpaired) electrons. The van der Waals surface area contributed by atoms with Crippen LogP contribution in [0.25, 0.3) is 4.96 Å². The van der Waals surface area contributed by atoms with Gasteiger partial charge in [-0.2, -0.15) is 4.98 Å². The molecule has 3 aromatic rings. The molecule has 0 unspecified atom stereocenters. The number of para-hydroxylation sites is 1. The number of ether oxygens (including phenoxy) is 3.